The van der Waals surface area contributed by atoms with E-state index in [9.17, 15) is 4.79 Å². The average molecular weight is 577 g/mol. The van der Waals surface area contributed by atoms with Crippen LogP contribution in [0.1, 0.15) is 24.8 Å². The molecular weight excluding hydrogens is 544 g/mol. The highest BCUT2D eigenvalue weighted by molar-refractivity contribution is 6.07. The molecule has 43 heavy (non-hydrogen) atoms. The van der Waals surface area contributed by atoms with Gasteiger partial charge in [-0.15, -0.1) is 0 Å². The van der Waals surface area contributed by atoms with Gasteiger partial charge >= 0.3 is 0 Å². The Balaban J connectivity index is 1.12. The Morgan fingerprint density at radius 1 is 1.02 bits per heavy atom. The van der Waals surface area contributed by atoms with Crippen molar-refractivity contribution in [1.29, 1.82) is 0 Å². The standard InChI is InChI=1S/C32H32N8O3/c1-22-18-23(7-10-27(22)43-24-11-15-40-28(19-24)34-21-36-40)37-32-30-25(33-20-35-32)8-9-26-31(30)42-17-16-39(26)29(41)6-5-14-38-12-3-2-4-13-38/h5-11,15,18-21H,2-4,12-14,16-17H2,1H3,(H,33,35,37)/b6-5+. The SMILES string of the molecule is Cc1cc(Nc2ncnc3ccc4c(c23)OCCN4C(=O)/C=C/CN2CCCCC2)ccc1Oc1ccn2ncnc2c1. The minimum atomic E-state index is -0.0540. The number of hydrogen-bond donors (Lipinski definition) is 1. The number of ether oxygens (including phenoxy) is 2. The van der Waals surface area contributed by atoms with Gasteiger partial charge in [0, 0.05) is 30.6 Å². The summed E-state index contributed by atoms with van der Waals surface area (Å²) in [4.78, 5) is 30.7. The largest absolute Gasteiger partial charge is 0.489 e. The molecule has 3 aromatic heterocycles. The highest BCUT2D eigenvalue weighted by Gasteiger charge is 2.26. The van der Waals surface area contributed by atoms with Gasteiger partial charge in [0.2, 0.25) is 0 Å². The average Bonchev–Trinajstić information content (AvgIpc) is 3.50. The number of aromatic nitrogens is 5. The third-order valence-corrected chi connectivity index (χ3v) is 7.84. The van der Waals surface area contributed by atoms with Crippen molar-refractivity contribution >= 4 is 39.6 Å². The third kappa shape index (κ3) is 5.59. The first-order valence-electron chi connectivity index (χ1n) is 14.6. The van der Waals surface area contributed by atoms with Crippen molar-refractivity contribution < 1.29 is 14.3 Å². The van der Waals surface area contributed by atoms with Crippen LogP contribution in [0.15, 0.2) is 73.5 Å². The van der Waals surface area contributed by atoms with E-state index in [1.54, 1.807) is 15.5 Å². The molecule has 0 unspecified atom stereocenters. The van der Waals surface area contributed by atoms with Crippen molar-refractivity contribution in [3.05, 3.63) is 79.0 Å². The van der Waals surface area contributed by atoms with Crippen LogP contribution >= 0.6 is 0 Å². The Morgan fingerprint density at radius 2 is 1.93 bits per heavy atom. The van der Waals surface area contributed by atoms with E-state index in [0.29, 0.717) is 41.8 Å². The van der Waals surface area contributed by atoms with E-state index in [-0.39, 0.29) is 5.91 Å². The fourth-order valence-electron chi connectivity index (χ4n) is 5.65. The summed E-state index contributed by atoms with van der Waals surface area (Å²) in [7, 11) is 0. The van der Waals surface area contributed by atoms with Gasteiger partial charge in [-0.1, -0.05) is 12.5 Å². The minimum Gasteiger partial charge on any atom is -0.489 e. The zero-order valence-electron chi connectivity index (χ0n) is 23.9. The van der Waals surface area contributed by atoms with E-state index in [4.69, 9.17) is 9.47 Å². The maximum atomic E-state index is 13.3. The van der Waals surface area contributed by atoms with Crippen LogP contribution in [-0.2, 0) is 4.79 Å². The Bertz CT molecular complexity index is 1830. The zero-order chi connectivity index (χ0) is 29.2. The number of pyridine rings is 1. The summed E-state index contributed by atoms with van der Waals surface area (Å²) < 4.78 is 14.0. The van der Waals surface area contributed by atoms with Crippen molar-refractivity contribution in [2.75, 3.05) is 43.0 Å². The monoisotopic (exact) mass is 576 g/mol. The molecule has 11 nitrogen and oxygen atoms in total. The summed E-state index contributed by atoms with van der Waals surface area (Å²) in [6, 6.07) is 13.3. The molecule has 0 radical (unpaired) electrons. The first-order valence-corrected chi connectivity index (χ1v) is 14.6. The lowest BCUT2D eigenvalue weighted by Gasteiger charge is -2.30. The Kier molecular flexibility index (Phi) is 7.30. The number of nitrogens with zero attached hydrogens (tertiary/aromatic N) is 7. The number of likely N-dealkylation sites (tertiary alicyclic amines) is 1. The van der Waals surface area contributed by atoms with E-state index in [2.05, 4.69) is 30.3 Å². The van der Waals surface area contributed by atoms with Crippen molar-refractivity contribution in [3.8, 4) is 17.2 Å². The van der Waals surface area contributed by atoms with Crippen LogP contribution in [-0.4, -0.2) is 68.2 Å². The maximum absolute atomic E-state index is 13.3. The molecule has 2 aliphatic heterocycles. The van der Waals surface area contributed by atoms with Gasteiger partial charge in [0.1, 0.15) is 36.6 Å². The van der Waals surface area contributed by atoms with Crippen LogP contribution in [0.25, 0.3) is 16.6 Å². The van der Waals surface area contributed by atoms with Crippen LogP contribution in [0.4, 0.5) is 17.2 Å². The second-order valence-corrected chi connectivity index (χ2v) is 10.8. The lowest BCUT2D eigenvalue weighted by molar-refractivity contribution is -0.114. The second kappa shape index (κ2) is 11.7. The maximum Gasteiger partial charge on any atom is 0.250 e. The fraction of sp³-hybridized carbons (Fsp3) is 0.281. The highest BCUT2D eigenvalue weighted by atomic mass is 16.5. The summed E-state index contributed by atoms with van der Waals surface area (Å²) in [6.07, 6.45) is 12.2. The molecule has 1 amide bonds. The number of carbonyl (C=O) groups is 1. The van der Waals surface area contributed by atoms with Gasteiger partial charge in [-0.2, -0.15) is 5.10 Å². The number of hydrogen-bond acceptors (Lipinski definition) is 9. The molecule has 0 spiro atoms. The number of amides is 1. The molecule has 1 saturated heterocycles. The quantitative estimate of drug-likeness (QED) is 0.259. The summed E-state index contributed by atoms with van der Waals surface area (Å²) in [5.41, 5.74) is 3.93. The molecular formula is C32H32N8O3. The van der Waals surface area contributed by atoms with Crippen LogP contribution in [0.3, 0.4) is 0 Å². The minimum absolute atomic E-state index is 0.0540. The van der Waals surface area contributed by atoms with E-state index < -0.39 is 0 Å². The Labute approximate surface area is 248 Å². The normalized spacial score (nSPS) is 15.5. The molecule has 11 heteroatoms. The van der Waals surface area contributed by atoms with Gasteiger partial charge < -0.3 is 19.7 Å². The van der Waals surface area contributed by atoms with Crippen molar-refractivity contribution in [1.82, 2.24) is 29.5 Å². The van der Waals surface area contributed by atoms with Gasteiger partial charge in [0.25, 0.3) is 5.91 Å². The Morgan fingerprint density at radius 3 is 2.81 bits per heavy atom. The number of anilines is 3. The number of piperidine rings is 1. The van der Waals surface area contributed by atoms with Gasteiger partial charge in [0.15, 0.2) is 11.4 Å². The number of fused-ring (bicyclic) bond motifs is 4. The number of carbonyl (C=O) groups excluding carboxylic acids is 1. The molecule has 0 atom stereocenters. The zero-order valence-corrected chi connectivity index (χ0v) is 23.9. The number of benzene rings is 2. The van der Waals surface area contributed by atoms with Gasteiger partial charge in [-0.05, 0) is 74.8 Å². The third-order valence-electron chi connectivity index (χ3n) is 7.84. The van der Waals surface area contributed by atoms with Crippen LogP contribution in [0.5, 0.6) is 17.2 Å². The van der Waals surface area contributed by atoms with Crippen molar-refractivity contribution in [2.45, 2.75) is 26.2 Å². The lowest BCUT2D eigenvalue weighted by atomic mass is 10.1. The number of aryl methyl sites for hydroxylation is 1. The molecule has 5 heterocycles. The molecule has 1 fully saturated rings. The topological polar surface area (TPSA) is 110 Å². The summed E-state index contributed by atoms with van der Waals surface area (Å²) in [5.74, 6) is 2.55. The molecule has 2 aromatic carbocycles. The molecule has 5 aromatic rings. The Hall–Kier alpha value is -5.03. The summed E-state index contributed by atoms with van der Waals surface area (Å²) in [5, 5.41) is 8.29. The molecule has 1 N–H and O–H groups in total. The molecule has 218 valence electrons. The van der Waals surface area contributed by atoms with Crippen LogP contribution < -0.4 is 19.7 Å². The van der Waals surface area contributed by atoms with E-state index in [1.165, 1.54) is 31.9 Å². The predicted molar refractivity (Wildman–Crippen MR) is 164 cm³/mol. The first kappa shape index (κ1) is 26.8. The highest BCUT2D eigenvalue weighted by Crippen LogP contribution is 2.41. The van der Waals surface area contributed by atoms with Crippen LogP contribution in [0, 0.1) is 6.92 Å². The van der Waals surface area contributed by atoms with Crippen molar-refractivity contribution in [3.63, 3.8) is 0 Å². The molecule has 0 saturated carbocycles. The smallest absolute Gasteiger partial charge is 0.250 e. The molecule has 0 aliphatic carbocycles. The van der Waals surface area contributed by atoms with Gasteiger partial charge in [-0.25, -0.2) is 19.5 Å². The number of rotatable bonds is 7. The summed E-state index contributed by atoms with van der Waals surface area (Å²) in [6.45, 7) is 5.83. The van der Waals surface area contributed by atoms with Crippen LogP contribution in [0.2, 0.25) is 0 Å². The van der Waals surface area contributed by atoms with Crippen molar-refractivity contribution in [2.24, 2.45) is 0 Å². The molecule has 2 aliphatic rings. The van der Waals surface area contributed by atoms with E-state index in [1.807, 2.05) is 61.7 Å². The molecule has 7 rings (SSSR count). The van der Waals surface area contributed by atoms with Gasteiger partial charge in [-0.3, -0.25) is 9.69 Å². The fourth-order valence-corrected chi connectivity index (χ4v) is 5.65. The lowest BCUT2D eigenvalue weighted by Crippen LogP contribution is -2.37. The summed E-state index contributed by atoms with van der Waals surface area (Å²) >= 11 is 0. The van der Waals surface area contributed by atoms with E-state index in [0.717, 1.165) is 47.5 Å². The first-order chi connectivity index (χ1) is 21.1. The van der Waals surface area contributed by atoms with E-state index >= 15 is 0 Å². The second-order valence-electron chi connectivity index (χ2n) is 10.8. The molecule has 0 bridgehead atoms. The predicted octanol–water partition coefficient (Wildman–Crippen LogP) is 5.28. The number of nitrogens with one attached hydrogen (secondary N) is 1. The van der Waals surface area contributed by atoms with Gasteiger partial charge in [0.05, 0.1) is 23.1 Å².